The second-order valence-corrected chi connectivity index (χ2v) is 20.3. The van der Waals surface area contributed by atoms with Gasteiger partial charge in [-0.2, -0.15) is 36.2 Å². The molecule has 4 heterocycles. The molecule has 4 aliphatic rings. The Morgan fingerprint density at radius 1 is 0.622 bits per heavy atom. The molecule has 6 amide bonds. The zero-order chi connectivity index (χ0) is 57.6. The van der Waals surface area contributed by atoms with E-state index in [9.17, 15) is 65.1 Å². The Balaban J connectivity index is 0.000000985. The third-order valence-electron chi connectivity index (χ3n) is 9.62. The van der Waals surface area contributed by atoms with Gasteiger partial charge >= 0.3 is 45.0 Å². The van der Waals surface area contributed by atoms with Crippen molar-refractivity contribution >= 4 is 84.5 Å². The molecule has 4 rings (SSSR count). The molecule has 24 nitrogen and oxygen atoms in total. The van der Waals surface area contributed by atoms with E-state index in [1.165, 1.54) is 46.8 Å². The molecule has 0 aromatic carbocycles. The lowest BCUT2D eigenvalue weighted by atomic mass is 10.0. The Morgan fingerprint density at radius 3 is 1.35 bits per heavy atom. The van der Waals surface area contributed by atoms with Crippen LogP contribution in [-0.2, 0) is 66.7 Å². The maximum atomic E-state index is 14.3. The van der Waals surface area contributed by atoms with Crippen LogP contribution in [0.1, 0.15) is 67.2 Å². The lowest BCUT2D eigenvalue weighted by molar-refractivity contribution is -0.333. The molecule has 0 radical (unpaired) electrons. The Labute approximate surface area is 445 Å². The summed E-state index contributed by atoms with van der Waals surface area (Å²) in [5.41, 5.74) is 7.16. The largest absolute Gasteiger partial charge is 0.477 e. The minimum atomic E-state index is -4.40. The van der Waals surface area contributed by atoms with Gasteiger partial charge in [0.25, 0.3) is 0 Å². The van der Waals surface area contributed by atoms with Crippen molar-refractivity contribution in [2.24, 2.45) is 11.5 Å². The highest BCUT2D eigenvalue weighted by Crippen LogP contribution is 2.34. The number of fused-ring (bicyclic) bond motifs is 4. The average molecular weight is 1240 g/mol. The van der Waals surface area contributed by atoms with Crippen molar-refractivity contribution in [3.63, 3.8) is 0 Å². The first-order valence-electron chi connectivity index (χ1n) is 22.1. The molecule has 0 spiro atoms. The van der Waals surface area contributed by atoms with Crippen LogP contribution in [0, 0.1) is 0 Å². The number of carbonyl (C=O) groups excluding carboxylic acids is 7. The average Bonchev–Trinajstić information content (AvgIpc) is 3.62. The maximum Gasteiger partial charge on any atom is 0.477 e. The van der Waals surface area contributed by atoms with Gasteiger partial charge in [-0.3, -0.25) is 19.6 Å². The number of piperidine rings is 2. The van der Waals surface area contributed by atoms with Gasteiger partial charge in [0.15, 0.2) is 0 Å². The minimum absolute atomic E-state index is 0.0103. The fourth-order valence-electron chi connectivity index (χ4n) is 6.22. The number of hydroxylamine groups is 4. The molecule has 0 aromatic rings. The molecule has 0 aromatic heterocycles. The Bertz CT molecular complexity index is 1820. The first kappa shape index (κ1) is 70.6. The van der Waals surface area contributed by atoms with Gasteiger partial charge < -0.3 is 64.3 Å². The molecule has 4 fully saturated rings. The molecule has 4 bridgehead atoms. The van der Waals surface area contributed by atoms with E-state index in [1.54, 1.807) is 36.9 Å². The fraction of sp³-hybridized carbons (Fsp3) is 0.829. The summed E-state index contributed by atoms with van der Waals surface area (Å²) in [6, 6.07) is -3.76. The van der Waals surface area contributed by atoms with Crippen LogP contribution >= 0.6 is 43.5 Å². The SMILES string of the molecule is COCCOCC(C)(C)O.COCCOCC(C)(C)OC(=O)C(F)(F)Br.COCCOCC(C)(C)OC(=O)C(F)(F)ON1C(=O)N2C[C@H]1CC[C@H]2C(N)=O.NC(=O)[C@@H]1CC[C@@H]2CN1C(=O)N2O.O=C(Cl)C(F)(F)Br. The number of halogens is 9. The number of hydrogen-bond donors (Lipinski definition) is 4. The zero-order valence-corrected chi connectivity index (χ0v) is 46.1. The molecular weight excluding hydrogens is 1170 g/mol. The van der Waals surface area contributed by atoms with Crippen molar-refractivity contribution < 1.29 is 113 Å². The summed E-state index contributed by atoms with van der Waals surface area (Å²) in [5, 5.41) is 17.8. The van der Waals surface area contributed by atoms with E-state index >= 15 is 0 Å². The number of rotatable bonds is 24. The van der Waals surface area contributed by atoms with Crippen LogP contribution in [0.25, 0.3) is 0 Å². The van der Waals surface area contributed by atoms with Crippen LogP contribution in [0.15, 0.2) is 0 Å². The quantitative estimate of drug-likeness (QED) is 0.0268. The minimum Gasteiger partial charge on any atom is -0.452 e. The number of ether oxygens (including phenoxy) is 8. The number of nitrogens with zero attached hydrogens (tertiary/aromatic N) is 4. The first-order valence-corrected chi connectivity index (χ1v) is 24.0. The van der Waals surface area contributed by atoms with E-state index in [2.05, 4.69) is 21.2 Å². The molecule has 0 aliphatic carbocycles. The molecule has 432 valence electrons. The predicted molar refractivity (Wildman–Crippen MR) is 251 cm³/mol. The number of carbonyl (C=O) groups is 7. The summed E-state index contributed by atoms with van der Waals surface area (Å²) in [6.07, 6.45) is -2.76. The van der Waals surface area contributed by atoms with Crippen molar-refractivity contribution in [2.45, 2.75) is 124 Å². The predicted octanol–water partition coefficient (Wildman–Crippen LogP) is 3.50. The molecule has 4 atom stereocenters. The standard InChI is InChI=1S/C16H25F2N3O7.C9H15BrF2O4.C7H11N3O3.C7H16O3.C2BrClF2O/c1-15(2,9-26-7-6-25-3)27-13(23)16(17,18)28-21-10-4-5-11(12(19)22)20(8-10)14(21)24;1-8(2,6-15-5-4-14-3)16-7(13)9(10,11)12;8-6(11)5-2-1-4-3-9(5)7(12)10(4)13;1-7(2,8)6-10-5-4-9-3;3-2(5,6)1(4)7/h10-11H,4-9H2,1-3H3,(H2,19,22);4-6H2,1-3H3;4-5,13H,1-3H2,(H2,8,11);8H,4-6H2,1-3H3;/t10-,11+;;4-,5+;;/m1.1../s1. The summed E-state index contributed by atoms with van der Waals surface area (Å²) >= 11 is 7.97. The third kappa shape index (κ3) is 26.6. The number of alkyl halides is 8. The molecule has 74 heavy (non-hydrogen) atoms. The van der Waals surface area contributed by atoms with E-state index in [1.807, 2.05) is 15.9 Å². The molecule has 33 heteroatoms. The van der Waals surface area contributed by atoms with Crippen LogP contribution in [0.5, 0.6) is 0 Å². The van der Waals surface area contributed by atoms with Gasteiger partial charge in [-0.15, -0.1) is 0 Å². The lowest BCUT2D eigenvalue weighted by Crippen LogP contribution is -2.48. The zero-order valence-electron chi connectivity index (χ0n) is 42.2. The van der Waals surface area contributed by atoms with Crippen molar-refractivity contribution in [1.82, 2.24) is 19.9 Å². The lowest BCUT2D eigenvalue weighted by Gasteiger charge is -2.29. The van der Waals surface area contributed by atoms with E-state index < -0.39 is 91.8 Å². The van der Waals surface area contributed by atoms with Crippen molar-refractivity contribution in [3.8, 4) is 0 Å². The van der Waals surface area contributed by atoms with Gasteiger partial charge in [-0.25, -0.2) is 24.2 Å². The summed E-state index contributed by atoms with van der Waals surface area (Å²) in [6.45, 7) is 12.1. The Hall–Kier alpha value is -3.44. The number of urea groups is 2. The first-order chi connectivity index (χ1) is 33.8. The van der Waals surface area contributed by atoms with Crippen LogP contribution < -0.4 is 11.5 Å². The highest BCUT2D eigenvalue weighted by atomic mass is 79.9. The van der Waals surface area contributed by atoms with Crippen LogP contribution in [0.3, 0.4) is 0 Å². The fourth-order valence-corrected chi connectivity index (χ4v) is 6.30. The molecule has 4 saturated heterocycles. The topological polar surface area (TPSA) is 308 Å². The number of primary amides is 2. The maximum absolute atomic E-state index is 14.3. The molecule has 4 aliphatic heterocycles. The molecular formula is C41H67Br2ClF6N6O18. The number of aliphatic hydroxyl groups is 1. The molecule has 0 unspecified atom stereocenters. The summed E-state index contributed by atoms with van der Waals surface area (Å²) in [4.78, 5) is 77.7. The van der Waals surface area contributed by atoms with E-state index in [4.69, 9.17) is 49.7 Å². The third-order valence-corrected chi connectivity index (χ3v) is 10.8. The highest BCUT2D eigenvalue weighted by molar-refractivity contribution is 9.10. The van der Waals surface area contributed by atoms with Gasteiger partial charge in [0.2, 0.25) is 11.8 Å². The van der Waals surface area contributed by atoms with Crippen LogP contribution in [-0.4, -0.2) is 222 Å². The normalized spacial score (nSPS) is 19.7. The van der Waals surface area contributed by atoms with Crippen molar-refractivity contribution in [2.75, 3.05) is 93.9 Å². The van der Waals surface area contributed by atoms with Crippen LogP contribution in [0.2, 0.25) is 0 Å². The number of hydrogen-bond acceptors (Lipinski definition) is 18. The summed E-state index contributed by atoms with van der Waals surface area (Å²) < 4.78 is 115. The second-order valence-electron chi connectivity index (χ2n) is 18.0. The van der Waals surface area contributed by atoms with Crippen molar-refractivity contribution in [3.05, 3.63) is 0 Å². The number of nitrogens with two attached hydrogens (primary N) is 2. The summed E-state index contributed by atoms with van der Waals surface area (Å²) in [5.74, 6) is -4.81. The monoisotopic (exact) mass is 1240 g/mol. The van der Waals surface area contributed by atoms with Gasteiger partial charge in [-0.05, 0) is 78.8 Å². The smallest absolute Gasteiger partial charge is 0.452 e. The van der Waals surface area contributed by atoms with E-state index in [-0.39, 0.29) is 45.2 Å². The molecule has 0 saturated carbocycles. The van der Waals surface area contributed by atoms with Gasteiger partial charge in [-0.1, -0.05) is 0 Å². The van der Waals surface area contributed by atoms with Gasteiger partial charge in [0.05, 0.1) is 77.1 Å². The van der Waals surface area contributed by atoms with E-state index in [0.717, 1.165) is 4.90 Å². The van der Waals surface area contributed by atoms with Gasteiger partial charge in [0.1, 0.15) is 23.3 Å². The van der Waals surface area contributed by atoms with Gasteiger partial charge in [0, 0.05) is 66.3 Å². The Kier molecular flexibility index (Phi) is 30.2. The van der Waals surface area contributed by atoms with E-state index in [0.29, 0.717) is 69.2 Å². The Morgan fingerprint density at radius 2 is 0.986 bits per heavy atom. The number of methoxy groups -OCH3 is 3. The second kappa shape index (κ2) is 31.7. The number of amides is 6. The summed E-state index contributed by atoms with van der Waals surface area (Å²) in [7, 11) is 4.61. The highest BCUT2D eigenvalue weighted by Gasteiger charge is 2.55. The number of esters is 2. The van der Waals surface area contributed by atoms with Crippen molar-refractivity contribution in [1.29, 1.82) is 0 Å². The molecule has 6 N–H and O–H groups in total. The van der Waals surface area contributed by atoms with Crippen LogP contribution in [0.4, 0.5) is 35.9 Å².